The Morgan fingerprint density at radius 1 is 1.00 bits per heavy atom. The average molecular weight is 438 g/mol. The molecule has 2 N–H and O–H groups in total. The van der Waals surface area contributed by atoms with Gasteiger partial charge in [0.05, 0.1) is 6.20 Å². The van der Waals surface area contributed by atoms with Crippen molar-refractivity contribution >= 4 is 23.3 Å². The van der Waals surface area contributed by atoms with Crippen molar-refractivity contribution in [2.75, 3.05) is 0 Å². The number of hydrogen-bond donors (Lipinski definition) is 2. The summed E-state index contributed by atoms with van der Waals surface area (Å²) in [7, 11) is 0. The van der Waals surface area contributed by atoms with Gasteiger partial charge in [-0.3, -0.25) is 33.5 Å². The van der Waals surface area contributed by atoms with Crippen molar-refractivity contribution in [3.8, 4) is 0 Å². The highest BCUT2D eigenvalue weighted by Crippen LogP contribution is 2.47. The van der Waals surface area contributed by atoms with E-state index in [4.69, 9.17) is 9.47 Å². The van der Waals surface area contributed by atoms with E-state index in [1.54, 1.807) is 4.98 Å². The number of carbonyl (C=O) groups is 4. The fourth-order valence-electron chi connectivity index (χ4n) is 4.46. The second kappa shape index (κ2) is 7.31. The van der Waals surface area contributed by atoms with Gasteiger partial charge in [-0.25, -0.2) is 4.79 Å². The lowest BCUT2D eigenvalue weighted by molar-refractivity contribution is -0.203. The number of Topliss-reactive ketones (excluding diaryl/α,β-unsaturated/α-hetero) is 3. The first-order valence-electron chi connectivity index (χ1n) is 9.80. The van der Waals surface area contributed by atoms with Crippen molar-refractivity contribution in [3.63, 3.8) is 0 Å². The maximum absolute atomic E-state index is 13.8. The van der Waals surface area contributed by atoms with Gasteiger partial charge in [0.2, 0.25) is 5.82 Å². The summed E-state index contributed by atoms with van der Waals surface area (Å²) in [6, 6.07) is 0. The van der Waals surface area contributed by atoms with Crippen LogP contribution in [0.25, 0.3) is 0 Å². The Morgan fingerprint density at radius 3 is 2.29 bits per heavy atom. The van der Waals surface area contributed by atoms with E-state index in [-0.39, 0.29) is 38.5 Å². The predicted octanol–water partition coefficient (Wildman–Crippen LogP) is -0.949. The van der Waals surface area contributed by atoms with Gasteiger partial charge in [0, 0.05) is 32.1 Å². The molecule has 1 saturated carbocycles. The van der Waals surface area contributed by atoms with Gasteiger partial charge in [-0.2, -0.15) is 4.39 Å². The summed E-state index contributed by atoms with van der Waals surface area (Å²) in [6.45, 7) is 0. The summed E-state index contributed by atoms with van der Waals surface area (Å²) < 4.78 is 25.4. The third-order valence-corrected chi connectivity index (χ3v) is 6.00. The number of ketones is 3. The molecule has 3 aliphatic rings. The monoisotopic (exact) mass is 438 g/mol. The lowest BCUT2D eigenvalue weighted by Crippen LogP contribution is -2.67. The van der Waals surface area contributed by atoms with Crippen LogP contribution in [0.3, 0.4) is 0 Å². The standard InChI is InChI=1S/C19H19FN2O9/c20-9-8-22(17(28)21-15(9)27)13-7-18(29)10(23)3-1-4-11(24)19(16(18)30-13)12(25)5-2-6-14(26)31-19/h8,13,16,29H,1-7H2,(H,21,27,28)/t13-,16+,18-,19?/m1/s1. The Labute approximate surface area is 173 Å². The van der Waals surface area contributed by atoms with Crippen LogP contribution < -0.4 is 11.2 Å². The van der Waals surface area contributed by atoms with Gasteiger partial charge < -0.3 is 14.6 Å². The van der Waals surface area contributed by atoms with Gasteiger partial charge in [-0.1, -0.05) is 0 Å². The number of carbonyl (C=O) groups excluding carboxylic acids is 4. The molecule has 1 unspecified atom stereocenters. The van der Waals surface area contributed by atoms with Crippen molar-refractivity contribution in [1.82, 2.24) is 9.55 Å². The van der Waals surface area contributed by atoms with Crippen LogP contribution in [0.2, 0.25) is 0 Å². The third kappa shape index (κ3) is 3.17. The molecule has 1 aromatic rings. The van der Waals surface area contributed by atoms with Crippen molar-refractivity contribution in [3.05, 3.63) is 32.9 Å². The van der Waals surface area contributed by atoms with Crippen molar-refractivity contribution in [1.29, 1.82) is 0 Å². The molecule has 4 atom stereocenters. The molecule has 2 aliphatic heterocycles. The number of ether oxygens (including phenoxy) is 2. The molecule has 3 fully saturated rings. The Kier molecular flexibility index (Phi) is 5.01. The molecule has 2 saturated heterocycles. The minimum atomic E-state index is -2.56. The number of hydrogen-bond acceptors (Lipinski definition) is 9. The fraction of sp³-hybridized carbons (Fsp3) is 0.579. The Balaban J connectivity index is 1.88. The molecule has 0 radical (unpaired) electrons. The highest BCUT2D eigenvalue weighted by Gasteiger charge is 2.69. The molecule has 31 heavy (non-hydrogen) atoms. The minimum Gasteiger partial charge on any atom is -0.440 e. The summed E-state index contributed by atoms with van der Waals surface area (Å²) in [5, 5.41) is 11.3. The zero-order chi connectivity index (χ0) is 22.6. The maximum atomic E-state index is 13.8. The van der Waals surface area contributed by atoms with E-state index < -0.39 is 70.3 Å². The number of nitrogens with zero attached hydrogens (tertiary/aromatic N) is 1. The van der Waals surface area contributed by atoms with Crippen LogP contribution in [0.15, 0.2) is 15.8 Å². The molecule has 1 spiro atoms. The number of halogens is 1. The predicted molar refractivity (Wildman–Crippen MR) is 96.3 cm³/mol. The zero-order valence-corrected chi connectivity index (χ0v) is 16.2. The van der Waals surface area contributed by atoms with Crippen LogP contribution in [0, 0.1) is 5.82 Å². The number of aliphatic hydroxyl groups is 1. The Morgan fingerprint density at radius 2 is 1.61 bits per heavy atom. The highest BCUT2D eigenvalue weighted by atomic mass is 19.1. The van der Waals surface area contributed by atoms with Crippen molar-refractivity contribution in [2.45, 2.75) is 68.5 Å². The van der Waals surface area contributed by atoms with Gasteiger partial charge in [0.1, 0.15) is 6.23 Å². The molecular formula is C19H19FN2O9. The third-order valence-electron chi connectivity index (χ3n) is 6.00. The number of H-pyrrole nitrogens is 1. The normalized spacial score (nSPS) is 34.1. The first kappa shape index (κ1) is 21.2. The number of aromatic nitrogens is 2. The van der Waals surface area contributed by atoms with Gasteiger partial charge >= 0.3 is 11.7 Å². The lowest BCUT2D eigenvalue weighted by Gasteiger charge is -2.40. The maximum Gasteiger partial charge on any atom is 0.330 e. The van der Waals surface area contributed by atoms with Crippen LogP contribution in [-0.2, 0) is 28.7 Å². The molecule has 166 valence electrons. The van der Waals surface area contributed by atoms with Crippen LogP contribution in [-0.4, -0.2) is 55.3 Å². The molecule has 4 rings (SSSR count). The molecule has 0 aromatic carbocycles. The second-order valence-electron chi connectivity index (χ2n) is 7.93. The van der Waals surface area contributed by atoms with Gasteiger partial charge in [-0.05, 0) is 12.8 Å². The summed E-state index contributed by atoms with van der Waals surface area (Å²) >= 11 is 0. The van der Waals surface area contributed by atoms with Crippen molar-refractivity contribution < 1.29 is 38.1 Å². The number of aromatic amines is 1. The highest BCUT2D eigenvalue weighted by molar-refractivity contribution is 6.14. The first-order chi connectivity index (χ1) is 14.6. The largest absolute Gasteiger partial charge is 0.440 e. The Bertz CT molecular complexity index is 1110. The zero-order valence-electron chi connectivity index (χ0n) is 16.2. The van der Waals surface area contributed by atoms with E-state index >= 15 is 0 Å². The number of esters is 1. The SMILES string of the molecule is O=C1CCCC(=O)C2(O1)C(=O)CCCC(=O)[C@]1(O)C[C@H](n3cc(F)c(=O)[nH]c3=O)O[C@H]21. The van der Waals surface area contributed by atoms with Gasteiger partial charge in [0.15, 0.2) is 29.1 Å². The molecule has 1 aliphatic carbocycles. The smallest absolute Gasteiger partial charge is 0.330 e. The topological polar surface area (TPSA) is 162 Å². The van der Waals surface area contributed by atoms with Crippen LogP contribution >= 0.6 is 0 Å². The van der Waals surface area contributed by atoms with Crippen LogP contribution in [0.4, 0.5) is 4.39 Å². The number of fused-ring (bicyclic) bond motifs is 2. The summed E-state index contributed by atoms with van der Waals surface area (Å²) in [4.78, 5) is 76.4. The number of rotatable bonds is 1. The summed E-state index contributed by atoms with van der Waals surface area (Å²) in [5.74, 6) is -4.59. The molecule has 3 heterocycles. The second-order valence-corrected chi connectivity index (χ2v) is 7.93. The molecule has 0 amide bonds. The quantitative estimate of drug-likeness (QED) is 0.416. The molecular weight excluding hydrogens is 419 g/mol. The number of nitrogens with one attached hydrogen (secondary N) is 1. The Hall–Kier alpha value is -2.99. The molecule has 0 bridgehead atoms. The van der Waals surface area contributed by atoms with E-state index in [1.807, 2.05) is 0 Å². The average Bonchev–Trinajstić information content (AvgIpc) is 2.98. The first-order valence-corrected chi connectivity index (χ1v) is 9.80. The molecule has 11 nitrogen and oxygen atoms in total. The summed E-state index contributed by atoms with van der Waals surface area (Å²) in [6.07, 6.45) is -4.27. The lowest BCUT2D eigenvalue weighted by atomic mass is 9.71. The van der Waals surface area contributed by atoms with Gasteiger partial charge in [-0.15, -0.1) is 0 Å². The van der Waals surface area contributed by atoms with E-state index in [9.17, 15) is 38.3 Å². The fourth-order valence-corrected chi connectivity index (χ4v) is 4.46. The van der Waals surface area contributed by atoms with Gasteiger partial charge in [0.25, 0.3) is 11.2 Å². The molecule has 1 aromatic heterocycles. The van der Waals surface area contributed by atoms with E-state index in [2.05, 4.69) is 0 Å². The minimum absolute atomic E-state index is 0.0111. The van der Waals surface area contributed by atoms with Crippen LogP contribution in [0.5, 0.6) is 0 Å². The summed E-state index contributed by atoms with van der Waals surface area (Å²) in [5.41, 5.74) is -7.39. The van der Waals surface area contributed by atoms with E-state index in [0.29, 0.717) is 10.8 Å². The van der Waals surface area contributed by atoms with E-state index in [1.165, 1.54) is 0 Å². The van der Waals surface area contributed by atoms with E-state index in [0.717, 1.165) is 0 Å². The van der Waals surface area contributed by atoms with Crippen LogP contribution in [0.1, 0.15) is 51.2 Å². The van der Waals surface area contributed by atoms with Crippen molar-refractivity contribution in [2.24, 2.45) is 0 Å². The molecule has 12 heteroatoms.